The smallest absolute Gasteiger partial charge is 0.259 e. The molecule has 3 rings (SSSR count). The topological polar surface area (TPSA) is 54.4 Å². The van der Waals surface area contributed by atoms with Gasteiger partial charge in [-0.25, -0.2) is 18.2 Å². The van der Waals surface area contributed by atoms with Crippen LogP contribution >= 0.6 is 0 Å². The summed E-state index contributed by atoms with van der Waals surface area (Å²) in [6.45, 7) is 1.76. The Morgan fingerprint density at radius 1 is 1.12 bits per heavy atom. The summed E-state index contributed by atoms with van der Waals surface area (Å²) >= 11 is 0. The van der Waals surface area contributed by atoms with Gasteiger partial charge in [-0.2, -0.15) is 0 Å². The minimum absolute atomic E-state index is 0.147. The first-order valence-corrected chi connectivity index (χ1v) is 7.09. The van der Waals surface area contributed by atoms with Gasteiger partial charge in [0.25, 0.3) is 5.91 Å². The van der Waals surface area contributed by atoms with E-state index in [-0.39, 0.29) is 11.1 Å². The van der Waals surface area contributed by atoms with Gasteiger partial charge in [0.1, 0.15) is 11.7 Å². The first-order chi connectivity index (χ1) is 11.4. The van der Waals surface area contributed by atoms with Crippen molar-refractivity contribution >= 4 is 11.7 Å². The maximum absolute atomic E-state index is 14.0. The van der Waals surface area contributed by atoms with E-state index in [4.69, 9.17) is 0 Å². The van der Waals surface area contributed by atoms with Gasteiger partial charge in [0.05, 0.1) is 11.8 Å². The summed E-state index contributed by atoms with van der Waals surface area (Å²) < 4.78 is 41.1. The average molecular weight is 331 g/mol. The van der Waals surface area contributed by atoms with Crippen molar-refractivity contribution in [3.8, 4) is 11.1 Å². The minimum Gasteiger partial charge on any atom is -0.310 e. The Labute approximate surface area is 135 Å². The van der Waals surface area contributed by atoms with Crippen molar-refractivity contribution in [2.75, 3.05) is 0 Å². The Balaban J connectivity index is 1.96. The number of carbonyl (C=O) groups is 1. The number of aliphatic imine (C=N–C) groups is 1. The molecule has 1 amide bonds. The lowest BCUT2D eigenvalue weighted by Crippen LogP contribution is -2.30. The molecule has 1 N–H and O–H groups in total. The molecule has 0 saturated heterocycles. The van der Waals surface area contributed by atoms with E-state index in [9.17, 15) is 18.0 Å². The number of halogens is 3. The van der Waals surface area contributed by atoms with Crippen LogP contribution in [0.15, 0.2) is 47.4 Å². The molecule has 24 heavy (non-hydrogen) atoms. The van der Waals surface area contributed by atoms with Crippen molar-refractivity contribution in [2.24, 2.45) is 4.99 Å². The zero-order valence-corrected chi connectivity index (χ0v) is 12.6. The fourth-order valence-electron chi connectivity index (χ4n) is 2.32. The van der Waals surface area contributed by atoms with Crippen molar-refractivity contribution in [1.82, 2.24) is 10.3 Å². The highest BCUT2D eigenvalue weighted by molar-refractivity contribution is 6.08. The van der Waals surface area contributed by atoms with E-state index in [1.165, 1.54) is 6.20 Å². The van der Waals surface area contributed by atoms with Crippen molar-refractivity contribution < 1.29 is 18.0 Å². The fraction of sp³-hybridized carbons (Fsp3) is 0.118. The SMILES string of the molecule is CC1=CCC(NC(=O)c2cc(-c3cncc(F)c3)cc(F)c2F)=N1. The number of allylic oxidation sites excluding steroid dienone is 1. The summed E-state index contributed by atoms with van der Waals surface area (Å²) in [5.41, 5.74) is 0.630. The van der Waals surface area contributed by atoms with E-state index in [0.717, 1.165) is 30.1 Å². The molecule has 0 unspecified atom stereocenters. The lowest BCUT2D eigenvalue weighted by Gasteiger charge is -2.09. The average Bonchev–Trinajstić information content (AvgIpc) is 2.94. The van der Waals surface area contributed by atoms with Crippen LogP contribution in [0.4, 0.5) is 13.2 Å². The van der Waals surface area contributed by atoms with Gasteiger partial charge < -0.3 is 5.32 Å². The van der Waals surface area contributed by atoms with Crippen molar-refractivity contribution in [1.29, 1.82) is 0 Å². The summed E-state index contributed by atoms with van der Waals surface area (Å²) in [5.74, 6) is -3.56. The van der Waals surface area contributed by atoms with E-state index >= 15 is 0 Å². The summed E-state index contributed by atoms with van der Waals surface area (Å²) in [7, 11) is 0. The Morgan fingerprint density at radius 2 is 1.92 bits per heavy atom. The molecule has 0 bridgehead atoms. The quantitative estimate of drug-likeness (QED) is 0.914. The number of nitrogens with one attached hydrogen (secondary N) is 1. The Hall–Kier alpha value is -2.96. The van der Waals surface area contributed by atoms with Gasteiger partial charge >= 0.3 is 0 Å². The molecule has 2 heterocycles. The minimum atomic E-state index is -1.27. The van der Waals surface area contributed by atoms with Crippen LogP contribution in [0.2, 0.25) is 0 Å². The third-order valence-electron chi connectivity index (χ3n) is 3.47. The molecule has 0 fully saturated rings. The molecule has 1 aliphatic rings. The maximum Gasteiger partial charge on any atom is 0.259 e. The van der Waals surface area contributed by atoms with Crippen LogP contribution in [-0.2, 0) is 0 Å². The van der Waals surface area contributed by atoms with Crippen LogP contribution in [0, 0.1) is 17.5 Å². The van der Waals surface area contributed by atoms with Crippen LogP contribution in [0.5, 0.6) is 0 Å². The van der Waals surface area contributed by atoms with E-state index in [1.807, 2.05) is 0 Å². The summed E-state index contributed by atoms with van der Waals surface area (Å²) in [6, 6.07) is 3.16. The molecule has 2 aromatic rings. The summed E-state index contributed by atoms with van der Waals surface area (Å²) in [5, 5.41) is 2.45. The zero-order valence-electron chi connectivity index (χ0n) is 12.6. The fourth-order valence-corrected chi connectivity index (χ4v) is 2.32. The predicted molar refractivity (Wildman–Crippen MR) is 82.8 cm³/mol. The van der Waals surface area contributed by atoms with E-state index in [1.54, 1.807) is 13.0 Å². The number of benzene rings is 1. The van der Waals surface area contributed by atoms with E-state index in [0.29, 0.717) is 12.3 Å². The second kappa shape index (κ2) is 6.27. The lowest BCUT2D eigenvalue weighted by molar-refractivity contribution is 0.0971. The predicted octanol–water partition coefficient (Wildman–Crippen LogP) is 3.60. The number of nitrogens with zero attached hydrogens (tertiary/aromatic N) is 2. The number of rotatable bonds is 2. The molecule has 1 aromatic heterocycles. The van der Waals surface area contributed by atoms with Gasteiger partial charge in [0.15, 0.2) is 11.6 Å². The van der Waals surface area contributed by atoms with Gasteiger partial charge in [0, 0.05) is 23.9 Å². The molecule has 1 aromatic carbocycles. The lowest BCUT2D eigenvalue weighted by atomic mass is 10.0. The highest BCUT2D eigenvalue weighted by Crippen LogP contribution is 2.24. The van der Waals surface area contributed by atoms with Gasteiger partial charge in [0.2, 0.25) is 0 Å². The number of amides is 1. The molecule has 1 aliphatic heterocycles. The molecule has 122 valence electrons. The van der Waals surface area contributed by atoms with Crippen LogP contribution in [0.3, 0.4) is 0 Å². The third kappa shape index (κ3) is 3.19. The Bertz CT molecular complexity index is 891. The number of hydrogen-bond donors (Lipinski definition) is 1. The molecular formula is C17H12F3N3O. The molecule has 0 radical (unpaired) electrons. The van der Waals surface area contributed by atoms with Crippen molar-refractivity contribution in [3.05, 3.63) is 65.4 Å². The molecule has 0 saturated carbocycles. The van der Waals surface area contributed by atoms with Gasteiger partial charge in [-0.05, 0) is 30.7 Å². The third-order valence-corrected chi connectivity index (χ3v) is 3.47. The second-order valence-corrected chi connectivity index (χ2v) is 5.27. The molecular weight excluding hydrogens is 319 g/mol. The highest BCUT2D eigenvalue weighted by atomic mass is 19.2. The van der Waals surface area contributed by atoms with Crippen molar-refractivity contribution in [3.63, 3.8) is 0 Å². The summed E-state index contributed by atoms with van der Waals surface area (Å²) in [6.07, 6.45) is 4.49. The normalized spacial score (nSPS) is 13.5. The van der Waals surface area contributed by atoms with Gasteiger partial charge in [-0.15, -0.1) is 0 Å². The largest absolute Gasteiger partial charge is 0.310 e. The molecule has 4 nitrogen and oxygen atoms in total. The molecule has 0 atom stereocenters. The van der Waals surface area contributed by atoms with Crippen LogP contribution in [-0.4, -0.2) is 16.7 Å². The molecule has 0 spiro atoms. The Morgan fingerprint density at radius 3 is 2.58 bits per heavy atom. The van der Waals surface area contributed by atoms with E-state index in [2.05, 4.69) is 15.3 Å². The standard InChI is InChI=1S/C17H12F3N3O/c1-9-2-3-15(22-9)23-17(24)13-5-10(6-14(19)16(13)20)11-4-12(18)8-21-7-11/h2,4-8H,3H2,1H3,(H,22,23,24). The summed E-state index contributed by atoms with van der Waals surface area (Å²) in [4.78, 5) is 19.9. The first-order valence-electron chi connectivity index (χ1n) is 7.09. The number of pyridine rings is 1. The first kappa shape index (κ1) is 15.9. The zero-order chi connectivity index (χ0) is 17.3. The highest BCUT2D eigenvalue weighted by Gasteiger charge is 2.20. The van der Waals surface area contributed by atoms with Crippen molar-refractivity contribution in [2.45, 2.75) is 13.3 Å². The number of amidine groups is 1. The van der Waals surface area contributed by atoms with E-state index < -0.39 is 28.9 Å². The van der Waals surface area contributed by atoms with Crippen LogP contribution in [0.25, 0.3) is 11.1 Å². The molecule has 0 aliphatic carbocycles. The monoisotopic (exact) mass is 331 g/mol. The number of hydrogen-bond acceptors (Lipinski definition) is 3. The number of carbonyl (C=O) groups excluding carboxylic acids is 1. The Kier molecular flexibility index (Phi) is 4.16. The van der Waals surface area contributed by atoms with Crippen LogP contribution in [0.1, 0.15) is 23.7 Å². The van der Waals surface area contributed by atoms with Gasteiger partial charge in [-0.1, -0.05) is 6.08 Å². The number of aromatic nitrogens is 1. The maximum atomic E-state index is 14.0. The second-order valence-electron chi connectivity index (χ2n) is 5.27. The van der Waals surface area contributed by atoms with Gasteiger partial charge in [-0.3, -0.25) is 9.78 Å². The van der Waals surface area contributed by atoms with Crippen LogP contribution < -0.4 is 5.32 Å². The molecule has 7 heteroatoms.